The standard InChI is InChI=1S/C9H6F2N2/c10-5-3-7-6(8(11)4-5)1-2-13-9(7)12/h1-4H,(H2,12,13). The Morgan fingerprint density at radius 3 is 2.69 bits per heavy atom. The first-order valence-electron chi connectivity index (χ1n) is 3.68. The van der Waals surface area contributed by atoms with Gasteiger partial charge in [-0.25, -0.2) is 13.8 Å². The molecule has 0 spiro atoms. The second-order valence-corrected chi connectivity index (χ2v) is 2.68. The topological polar surface area (TPSA) is 38.9 Å². The van der Waals surface area contributed by atoms with E-state index in [2.05, 4.69) is 4.98 Å². The molecule has 2 nitrogen and oxygen atoms in total. The number of benzene rings is 1. The number of hydrogen-bond donors (Lipinski definition) is 1. The Bertz CT molecular complexity index is 468. The Hall–Kier alpha value is -1.71. The number of nitrogen functional groups attached to an aromatic ring is 1. The van der Waals surface area contributed by atoms with Crippen LogP contribution in [-0.4, -0.2) is 4.98 Å². The van der Waals surface area contributed by atoms with Gasteiger partial charge in [0.05, 0.1) is 0 Å². The maximum Gasteiger partial charge on any atom is 0.134 e. The normalized spacial score (nSPS) is 10.6. The van der Waals surface area contributed by atoms with Crippen LogP contribution in [0.15, 0.2) is 24.4 Å². The van der Waals surface area contributed by atoms with Gasteiger partial charge in [-0.15, -0.1) is 0 Å². The number of rotatable bonds is 0. The van der Waals surface area contributed by atoms with E-state index in [1.165, 1.54) is 18.3 Å². The number of pyridine rings is 1. The Balaban J connectivity index is 2.94. The van der Waals surface area contributed by atoms with E-state index in [-0.39, 0.29) is 11.2 Å². The summed E-state index contributed by atoms with van der Waals surface area (Å²) in [7, 11) is 0. The third-order valence-electron chi connectivity index (χ3n) is 1.83. The van der Waals surface area contributed by atoms with E-state index in [9.17, 15) is 8.78 Å². The van der Waals surface area contributed by atoms with E-state index < -0.39 is 11.6 Å². The van der Waals surface area contributed by atoms with Crippen molar-refractivity contribution in [3.05, 3.63) is 36.0 Å². The van der Waals surface area contributed by atoms with Crippen molar-refractivity contribution >= 4 is 16.6 Å². The van der Waals surface area contributed by atoms with Crippen LogP contribution in [0.2, 0.25) is 0 Å². The number of hydrogen-bond acceptors (Lipinski definition) is 2. The molecular formula is C9H6F2N2. The summed E-state index contributed by atoms with van der Waals surface area (Å²) in [6, 6.07) is 3.45. The Labute approximate surface area is 73.0 Å². The molecule has 0 fully saturated rings. The molecule has 1 heterocycles. The highest BCUT2D eigenvalue weighted by Crippen LogP contribution is 2.22. The van der Waals surface area contributed by atoms with E-state index in [4.69, 9.17) is 5.73 Å². The van der Waals surface area contributed by atoms with Crippen molar-refractivity contribution in [1.29, 1.82) is 0 Å². The average Bonchev–Trinajstić information content (AvgIpc) is 2.07. The van der Waals surface area contributed by atoms with Crippen LogP contribution in [-0.2, 0) is 0 Å². The van der Waals surface area contributed by atoms with Crippen molar-refractivity contribution in [1.82, 2.24) is 4.98 Å². The molecule has 4 heteroatoms. The molecule has 0 saturated carbocycles. The third kappa shape index (κ3) is 1.20. The fourth-order valence-corrected chi connectivity index (χ4v) is 1.23. The molecule has 1 aromatic carbocycles. The number of fused-ring (bicyclic) bond motifs is 1. The SMILES string of the molecule is Nc1nccc2c(F)cc(F)cc12. The number of anilines is 1. The minimum atomic E-state index is -0.648. The van der Waals surface area contributed by atoms with Gasteiger partial charge in [0, 0.05) is 23.0 Å². The lowest BCUT2D eigenvalue weighted by Crippen LogP contribution is -1.93. The zero-order valence-corrected chi connectivity index (χ0v) is 6.59. The highest BCUT2D eigenvalue weighted by Gasteiger charge is 2.05. The molecule has 0 amide bonds. The minimum Gasteiger partial charge on any atom is -0.383 e. The summed E-state index contributed by atoms with van der Waals surface area (Å²) < 4.78 is 25.9. The first-order valence-corrected chi connectivity index (χ1v) is 3.68. The summed E-state index contributed by atoms with van der Waals surface area (Å²) >= 11 is 0. The van der Waals surface area contributed by atoms with Gasteiger partial charge in [-0.3, -0.25) is 0 Å². The van der Waals surface area contributed by atoms with Gasteiger partial charge in [0.25, 0.3) is 0 Å². The lowest BCUT2D eigenvalue weighted by atomic mass is 10.1. The van der Waals surface area contributed by atoms with Crippen LogP contribution in [0.5, 0.6) is 0 Å². The van der Waals surface area contributed by atoms with Crippen LogP contribution in [0.3, 0.4) is 0 Å². The molecule has 0 aliphatic carbocycles. The average molecular weight is 180 g/mol. The molecule has 0 atom stereocenters. The molecule has 2 rings (SSSR count). The van der Waals surface area contributed by atoms with Crippen molar-refractivity contribution in [2.24, 2.45) is 0 Å². The maximum atomic E-state index is 13.1. The summed E-state index contributed by atoms with van der Waals surface area (Å²) in [6.07, 6.45) is 1.39. The van der Waals surface area contributed by atoms with Crippen molar-refractivity contribution in [3.8, 4) is 0 Å². The maximum absolute atomic E-state index is 13.1. The zero-order valence-electron chi connectivity index (χ0n) is 6.59. The molecule has 13 heavy (non-hydrogen) atoms. The van der Waals surface area contributed by atoms with Gasteiger partial charge < -0.3 is 5.73 Å². The van der Waals surface area contributed by atoms with E-state index in [0.717, 1.165) is 6.07 Å². The molecule has 2 N–H and O–H groups in total. The summed E-state index contributed by atoms with van der Waals surface area (Å²) in [6.45, 7) is 0. The molecule has 1 aromatic heterocycles. The first kappa shape index (κ1) is 7.91. The van der Waals surface area contributed by atoms with Gasteiger partial charge in [0.15, 0.2) is 0 Å². The summed E-state index contributed by atoms with van der Waals surface area (Å²) in [5, 5.41) is 0.592. The molecule has 66 valence electrons. The van der Waals surface area contributed by atoms with Gasteiger partial charge in [0.2, 0.25) is 0 Å². The number of nitrogens with two attached hydrogens (primary N) is 1. The monoisotopic (exact) mass is 180 g/mol. The van der Waals surface area contributed by atoms with E-state index in [0.29, 0.717) is 5.39 Å². The summed E-state index contributed by atoms with van der Waals surface area (Å²) in [5.41, 5.74) is 5.45. The molecule has 0 aliphatic heterocycles. The molecule has 0 saturated heterocycles. The van der Waals surface area contributed by atoms with Gasteiger partial charge in [-0.2, -0.15) is 0 Å². The Kier molecular flexibility index (Phi) is 1.62. The number of halogens is 2. The smallest absolute Gasteiger partial charge is 0.134 e. The predicted octanol–water partition coefficient (Wildman–Crippen LogP) is 2.10. The van der Waals surface area contributed by atoms with Crippen molar-refractivity contribution in [3.63, 3.8) is 0 Å². The molecule has 0 bridgehead atoms. The van der Waals surface area contributed by atoms with Crippen molar-refractivity contribution in [2.75, 3.05) is 5.73 Å². The van der Waals surface area contributed by atoms with Crippen LogP contribution in [0.1, 0.15) is 0 Å². The highest BCUT2D eigenvalue weighted by atomic mass is 19.1. The lowest BCUT2D eigenvalue weighted by Gasteiger charge is -2.01. The van der Waals surface area contributed by atoms with E-state index >= 15 is 0 Å². The largest absolute Gasteiger partial charge is 0.383 e. The van der Waals surface area contributed by atoms with Crippen LogP contribution < -0.4 is 5.73 Å². The fourth-order valence-electron chi connectivity index (χ4n) is 1.23. The van der Waals surface area contributed by atoms with Crippen LogP contribution in [0, 0.1) is 11.6 Å². The van der Waals surface area contributed by atoms with E-state index in [1.807, 2.05) is 0 Å². The Morgan fingerprint density at radius 2 is 1.92 bits per heavy atom. The molecular weight excluding hydrogens is 174 g/mol. The van der Waals surface area contributed by atoms with Gasteiger partial charge >= 0.3 is 0 Å². The van der Waals surface area contributed by atoms with Crippen molar-refractivity contribution in [2.45, 2.75) is 0 Å². The molecule has 0 radical (unpaired) electrons. The minimum absolute atomic E-state index is 0.135. The van der Waals surface area contributed by atoms with Crippen LogP contribution >= 0.6 is 0 Å². The number of nitrogens with zero attached hydrogens (tertiary/aromatic N) is 1. The lowest BCUT2D eigenvalue weighted by molar-refractivity contribution is 0.592. The molecule has 2 aromatic rings. The fraction of sp³-hybridized carbons (Fsp3) is 0. The van der Waals surface area contributed by atoms with Gasteiger partial charge in [-0.05, 0) is 12.1 Å². The quantitative estimate of drug-likeness (QED) is 0.674. The number of aromatic nitrogens is 1. The third-order valence-corrected chi connectivity index (χ3v) is 1.83. The molecule has 0 unspecified atom stereocenters. The van der Waals surface area contributed by atoms with Crippen LogP contribution in [0.25, 0.3) is 10.8 Å². The highest BCUT2D eigenvalue weighted by molar-refractivity contribution is 5.91. The van der Waals surface area contributed by atoms with Crippen molar-refractivity contribution < 1.29 is 8.78 Å². The zero-order chi connectivity index (χ0) is 9.42. The van der Waals surface area contributed by atoms with Gasteiger partial charge in [-0.1, -0.05) is 0 Å². The van der Waals surface area contributed by atoms with Crippen LogP contribution in [0.4, 0.5) is 14.6 Å². The molecule has 0 aliphatic rings. The summed E-state index contributed by atoms with van der Waals surface area (Å²) in [5.74, 6) is -1.13. The van der Waals surface area contributed by atoms with Gasteiger partial charge in [0.1, 0.15) is 17.5 Å². The first-order chi connectivity index (χ1) is 6.18. The second kappa shape index (κ2) is 2.65. The Morgan fingerprint density at radius 1 is 1.15 bits per heavy atom. The predicted molar refractivity (Wildman–Crippen MR) is 46.1 cm³/mol. The second-order valence-electron chi connectivity index (χ2n) is 2.68. The van der Waals surface area contributed by atoms with E-state index in [1.54, 1.807) is 0 Å². The summed E-state index contributed by atoms with van der Waals surface area (Å²) in [4.78, 5) is 3.73.